The van der Waals surface area contributed by atoms with Crippen LogP contribution in [0, 0.1) is 5.41 Å². The molecule has 2 aromatic carbocycles. The summed E-state index contributed by atoms with van der Waals surface area (Å²) in [7, 11) is 1.64. The molecule has 6 heteroatoms. The maximum atomic E-state index is 12.1. The molecular weight excluding hydrogens is 378 g/mol. The Hall–Kier alpha value is -3.02. The first kappa shape index (κ1) is 21.7. The van der Waals surface area contributed by atoms with Gasteiger partial charge in [-0.25, -0.2) is 4.98 Å². The lowest BCUT2D eigenvalue weighted by atomic mass is 9.96. The van der Waals surface area contributed by atoms with Crippen molar-refractivity contribution in [1.82, 2.24) is 14.9 Å². The number of rotatable bonds is 9. The largest absolute Gasteiger partial charge is 0.493 e. The van der Waals surface area contributed by atoms with Crippen LogP contribution in [0.25, 0.3) is 11.0 Å². The van der Waals surface area contributed by atoms with Gasteiger partial charge in [-0.3, -0.25) is 4.79 Å². The fourth-order valence-corrected chi connectivity index (χ4v) is 3.26. The van der Waals surface area contributed by atoms with E-state index < -0.39 is 0 Å². The lowest BCUT2D eigenvalue weighted by Gasteiger charge is -2.17. The van der Waals surface area contributed by atoms with Gasteiger partial charge in [0.1, 0.15) is 12.4 Å². The van der Waals surface area contributed by atoms with E-state index in [9.17, 15) is 4.79 Å². The fraction of sp³-hybridized carbons (Fsp3) is 0.417. The Labute approximate surface area is 178 Å². The molecule has 3 aromatic rings. The first-order valence-corrected chi connectivity index (χ1v) is 10.4. The Morgan fingerprint density at radius 2 is 1.77 bits per heavy atom. The number of aryl methyl sites for hydroxylation is 1. The molecule has 0 unspecified atom stereocenters. The van der Waals surface area contributed by atoms with E-state index in [4.69, 9.17) is 14.5 Å². The number of carbonyl (C=O) groups excluding carboxylic acids is 1. The van der Waals surface area contributed by atoms with Crippen molar-refractivity contribution >= 4 is 16.9 Å². The van der Waals surface area contributed by atoms with Crippen LogP contribution in [0.4, 0.5) is 0 Å². The third-order valence-electron chi connectivity index (χ3n) is 4.92. The van der Waals surface area contributed by atoms with E-state index in [0.29, 0.717) is 19.7 Å². The second-order valence-electron chi connectivity index (χ2n) is 8.28. The van der Waals surface area contributed by atoms with Crippen LogP contribution >= 0.6 is 0 Å². The Bertz CT molecular complexity index is 989. The van der Waals surface area contributed by atoms with Crippen LogP contribution in [-0.2, 0) is 17.8 Å². The van der Waals surface area contributed by atoms with Gasteiger partial charge in [-0.05, 0) is 30.7 Å². The molecule has 160 valence electrons. The van der Waals surface area contributed by atoms with Crippen LogP contribution in [-0.4, -0.2) is 35.7 Å². The summed E-state index contributed by atoms with van der Waals surface area (Å²) in [6.45, 7) is 7.59. The topological polar surface area (TPSA) is 65.4 Å². The first-order valence-electron chi connectivity index (χ1n) is 10.4. The molecule has 0 radical (unpaired) electrons. The Balaban J connectivity index is 1.65. The minimum Gasteiger partial charge on any atom is -0.493 e. The highest BCUT2D eigenvalue weighted by Crippen LogP contribution is 2.26. The van der Waals surface area contributed by atoms with Crippen LogP contribution < -0.4 is 14.8 Å². The molecule has 0 aliphatic carbocycles. The van der Waals surface area contributed by atoms with Gasteiger partial charge in [-0.2, -0.15) is 0 Å². The van der Waals surface area contributed by atoms with Gasteiger partial charge >= 0.3 is 0 Å². The summed E-state index contributed by atoms with van der Waals surface area (Å²) < 4.78 is 13.5. The molecule has 1 aromatic heterocycles. The number of fused-ring (bicyclic) bond motifs is 1. The van der Waals surface area contributed by atoms with Crippen LogP contribution in [0.5, 0.6) is 11.5 Å². The third-order valence-corrected chi connectivity index (χ3v) is 4.92. The van der Waals surface area contributed by atoms with Crippen molar-refractivity contribution in [2.75, 3.05) is 20.3 Å². The van der Waals surface area contributed by atoms with Crippen LogP contribution in [0.1, 0.15) is 33.0 Å². The Kier molecular flexibility index (Phi) is 6.98. The molecule has 6 nitrogen and oxygen atoms in total. The van der Waals surface area contributed by atoms with Crippen molar-refractivity contribution in [3.63, 3.8) is 0 Å². The number of methoxy groups -OCH3 is 1. The number of nitrogens with zero attached hydrogens (tertiary/aromatic N) is 2. The number of carbonyl (C=O) groups is 1. The zero-order chi connectivity index (χ0) is 21.6. The fourth-order valence-electron chi connectivity index (χ4n) is 3.26. The minimum absolute atomic E-state index is 0.0706. The summed E-state index contributed by atoms with van der Waals surface area (Å²) in [6, 6.07) is 15.8. The van der Waals surface area contributed by atoms with Crippen molar-refractivity contribution in [1.29, 1.82) is 0 Å². The number of hydrogen-bond donors (Lipinski definition) is 1. The molecule has 0 saturated heterocycles. The summed E-state index contributed by atoms with van der Waals surface area (Å²) in [5.74, 6) is 2.53. The Morgan fingerprint density at radius 3 is 2.50 bits per heavy atom. The quantitative estimate of drug-likeness (QED) is 0.538. The zero-order valence-corrected chi connectivity index (χ0v) is 18.3. The van der Waals surface area contributed by atoms with Gasteiger partial charge < -0.3 is 19.4 Å². The maximum absolute atomic E-state index is 12.1. The van der Waals surface area contributed by atoms with Gasteiger partial charge in [-0.15, -0.1) is 0 Å². The van der Waals surface area contributed by atoms with Crippen molar-refractivity contribution in [2.24, 2.45) is 5.41 Å². The van der Waals surface area contributed by atoms with E-state index in [1.54, 1.807) is 7.11 Å². The van der Waals surface area contributed by atoms with Gasteiger partial charge in [0.2, 0.25) is 5.91 Å². The predicted molar refractivity (Wildman–Crippen MR) is 119 cm³/mol. The molecular formula is C24H31N3O3. The van der Waals surface area contributed by atoms with Gasteiger partial charge in [0.25, 0.3) is 0 Å². The van der Waals surface area contributed by atoms with Crippen LogP contribution in [0.3, 0.4) is 0 Å². The number of nitrogens with one attached hydrogen (secondary N) is 1. The van der Waals surface area contributed by atoms with Gasteiger partial charge in [-0.1, -0.05) is 45.0 Å². The molecule has 30 heavy (non-hydrogen) atoms. The summed E-state index contributed by atoms with van der Waals surface area (Å²) in [4.78, 5) is 16.9. The molecule has 0 bridgehead atoms. The number of imidazole rings is 1. The van der Waals surface area contributed by atoms with Crippen molar-refractivity contribution in [3.8, 4) is 11.5 Å². The van der Waals surface area contributed by atoms with E-state index in [2.05, 4.69) is 16.0 Å². The SMILES string of the molecule is COc1ccccc1OCCn1c(CCCNC(=O)C(C)(C)C)nc2ccccc21. The third kappa shape index (κ3) is 5.32. The standard InChI is InChI=1S/C24H31N3O3/c1-24(2,3)23(28)25-15-9-14-22-26-18-10-5-6-11-19(18)27(22)16-17-30-21-13-8-7-12-20(21)29-4/h5-8,10-13H,9,14-17H2,1-4H3,(H,25,28). The van der Waals surface area contributed by atoms with E-state index in [1.807, 2.05) is 63.2 Å². The average Bonchev–Trinajstić information content (AvgIpc) is 3.08. The van der Waals surface area contributed by atoms with Gasteiger partial charge in [0, 0.05) is 18.4 Å². The molecule has 1 heterocycles. The smallest absolute Gasteiger partial charge is 0.225 e. The lowest BCUT2D eigenvalue weighted by Crippen LogP contribution is -2.35. The molecule has 0 saturated carbocycles. The number of para-hydroxylation sites is 4. The number of ether oxygens (including phenoxy) is 2. The van der Waals surface area contributed by atoms with Crippen molar-refractivity contribution < 1.29 is 14.3 Å². The first-order chi connectivity index (χ1) is 14.4. The lowest BCUT2D eigenvalue weighted by molar-refractivity contribution is -0.128. The second kappa shape index (κ2) is 9.65. The van der Waals surface area contributed by atoms with Gasteiger partial charge in [0.15, 0.2) is 11.5 Å². The van der Waals surface area contributed by atoms with E-state index in [-0.39, 0.29) is 11.3 Å². The summed E-state index contributed by atoms with van der Waals surface area (Å²) in [5, 5.41) is 3.01. The zero-order valence-electron chi connectivity index (χ0n) is 18.3. The minimum atomic E-state index is -0.372. The number of amides is 1. The van der Waals surface area contributed by atoms with E-state index in [1.165, 1.54) is 0 Å². The predicted octanol–water partition coefficient (Wildman–Crippen LogP) is 4.22. The monoisotopic (exact) mass is 409 g/mol. The van der Waals surface area contributed by atoms with Gasteiger partial charge in [0.05, 0.1) is 24.7 Å². The molecule has 0 aliphatic heterocycles. The molecule has 1 amide bonds. The van der Waals surface area contributed by atoms with E-state index >= 15 is 0 Å². The highest BCUT2D eigenvalue weighted by molar-refractivity contribution is 5.81. The normalized spacial score (nSPS) is 11.5. The van der Waals surface area contributed by atoms with Crippen LogP contribution in [0.15, 0.2) is 48.5 Å². The molecule has 1 N–H and O–H groups in total. The molecule has 0 atom stereocenters. The average molecular weight is 410 g/mol. The van der Waals surface area contributed by atoms with E-state index in [0.717, 1.165) is 41.2 Å². The number of aromatic nitrogens is 2. The highest BCUT2D eigenvalue weighted by Gasteiger charge is 2.20. The molecule has 0 fully saturated rings. The number of benzene rings is 2. The maximum Gasteiger partial charge on any atom is 0.225 e. The number of hydrogen-bond acceptors (Lipinski definition) is 4. The molecule has 3 rings (SSSR count). The summed E-state index contributed by atoms with van der Waals surface area (Å²) in [5.41, 5.74) is 1.70. The van der Waals surface area contributed by atoms with Crippen LogP contribution in [0.2, 0.25) is 0 Å². The summed E-state index contributed by atoms with van der Waals surface area (Å²) in [6.07, 6.45) is 1.62. The molecule has 0 aliphatic rings. The van der Waals surface area contributed by atoms with Crippen molar-refractivity contribution in [2.45, 2.75) is 40.2 Å². The molecule has 0 spiro atoms. The second-order valence-corrected chi connectivity index (χ2v) is 8.28. The van der Waals surface area contributed by atoms with Crippen molar-refractivity contribution in [3.05, 3.63) is 54.4 Å². The summed E-state index contributed by atoms with van der Waals surface area (Å²) >= 11 is 0. The Morgan fingerprint density at radius 1 is 1.07 bits per heavy atom. The highest BCUT2D eigenvalue weighted by atomic mass is 16.5.